The van der Waals surface area contributed by atoms with E-state index in [0.717, 1.165) is 0 Å². The van der Waals surface area contributed by atoms with E-state index in [1.807, 2.05) is 0 Å². The number of nitrogens with two attached hydrogens (primary N) is 2. The SMILES string of the molecule is Nc1ccc(OCC(=O)OCCOCCOC(=O)COc2ccc(N)cc2)cc1. The Balaban J connectivity index is 1.44. The summed E-state index contributed by atoms with van der Waals surface area (Å²) in [6.45, 7) is 0.0571. The van der Waals surface area contributed by atoms with Gasteiger partial charge in [0.05, 0.1) is 13.2 Å². The second kappa shape index (κ2) is 12.1. The summed E-state index contributed by atoms with van der Waals surface area (Å²) in [5.74, 6) is 0.0116. The maximum Gasteiger partial charge on any atom is 0.344 e. The molecule has 0 aromatic heterocycles. The van der Waals surface area contributed by atoms with Gasteiger partial charge in [0.25, 0.3) is 0 Å². The minimum absolute atomic E-state index is 0.0676. The normalized spacial score (nSPS) is 10.2. The molecule has 0 bridgehead atoms. The number of rotatable bonds is 12. The quantitative estimate of drug-likeness (QED) is 0.306. The third kappa shape index (κ3) is 9.34. The van der Waals surface area contributed by atoms with E-state index >= 15 is 0 Å². The molecule has 4 N–H and O–H groups in total. The summed E-state index contributed by atoms with van der Waals surface area (Å²) >= 11 is 0. The standard InChI is InChI=1S/C20H24N2O7/c21-15-1-5-17(6-2-15)28-13-19(23)26-11-9-25-10-12-27-20(24)14-29-18-7-3-16(22)4-8-18/h1-8H,9-14,21-22H2. The molecule has 0 spiro atoms. The van der Waals surface area contributed by atoms with E-state index in [1.54, 1.807) is 48.5 Å². The van der Waals surface area contributed by atoms with Crippen LogP contribution in [0.5, 0.6) is 11.5 Å². The molecule has 0 radical (unpaired) electrons. The van der Waals surface area contributed by atoms with Gasteiger partial charge in [-0.25, -0.2) is 9.59 Å². The van der Waals surface area contributed by atoms with Crippen molar-refractivity contribution in [3.63, 3.8) is 0 Å². The predicted octanol–water partition coefficient (Wildman–Crippen LogP) is 1.41. The lowest BCUT2D eigenvalue weighted by Crippen LogP contribution is -2.20. The zero-order chi connectivity index (χ0) is 20.9. The van der Waals surface area contributed by atoms with Crippen molar-refractivity contribution in [2.24, 2.45) is 0 Å². The lowest BCUT2D eigenvalue weighted by molar-refractivity contribution is -0.149. The fourth-order valence-corrected chi connectivity index (χ4v) is 2.03. The highest BCUT2D eigenvalue weighted by Gasteiger charge is 2.06. The second-order valence-electron chi connectivity index (χ2n) is 5.77. The van der Waals surface area contributed by atoms with Crippen LogP contribution in [0.4, 0.5) is 11.4 Å². The molecule has 0 saturated carbocycles. The van der Waals surface area contributed by atoms with E-state index in [4.69, 9.17) is 35.2 Å². The monoisotopic (exact) mass is 404 g/mol. The van der Waals surface area contributed by atoms with E-state index in [9.17, 15) is 9.59 Å². The lowest BCUT2D eigenvalue weighted by atomic mass is 10.3. The molecule has 2 aromatic rings. The van der Waals surface area contributed by atoms with Crippen LogP contribution in [0.1, 0.15) is 0 Å². The molecule has 0 amide bonds. The van der Waals surface area contributed by atoms with Gasteiger partial charge in [-0.05, 0) is 48.5 Å². The molecule has 2 aromatic carbocycles. The average molecular weight is 404 g/mol. The van der Waals surface area contributed by atoms with Gasteiger partial charge in [0.2, 0.25) is 0 Å². The maximum atomic E-state index is 11.6. The van der Waals surface area contributed by atoms with Gasteiger partial charge < -0.3 is 35.2 Å². The first-order valence-electron chi connectivity index (χ1n) is 8.88. The number of hydrogen-bond donors (Lipinski definition) is 2. The van der Waals surface area contributed by atoms with Crippen LogP contribution >= 0.6 is 0 Å². The number of carbonyl (C=O) groups is 2. The molecule has 9 nitrogen and oxygen atoms in total. The molecule has 0 saturated heterocycles. The van der Waals surface area contributed by atoms with Crippen LogP contribution in [0.15, 0.2) is 48.5 Å². The Bertz CT molecular complexity index is 698. The molecule has 2 rings (SSSR count). The van der Waals surface area contributed by atoms with E-state index in [1.165, 1.54) is 0 Å². The Labute approximate surface area is 168 Å². The van der Waals surface area contributed by atoms with Crippen molar-refractivity contribution in [3.05, 3.63) is 48.5 Å². The van der Waals surface area contributed by atoms with Gasteiger partial charge in [-0.15, -0.1) is 0 Å². The molecule has 0 aliphatic heterocycles. The summed E-state index contributed by atoms with van der Waals surface area (Å²) in [6.07, 6.45) is 0. The minimum atomic E-state index is -0.517. The molecule has 9 heteroatoms. The van der Waals surface area contributed by atoms with Crippen LogP contribution in [0, 0.1) is 0 Å². The highest BCUT2D eigenvalue weighted by atomic mass is 16.6. The summed E-state index contributed by atoms with van der Waals surface area (Å²) in [7, 11) is 0. The third-order valence-corrected chi connectivity index (χ3v) is 3.46. The van der Waals surface area contributed by atoms with E-state index < -0.39 is 11.9 Å². The highest BCUT2D eigenvalue weighted by Crippen LogP contribution is 2.13. The van der Waals surface area contributed by atoms with Gasteiger partial charge in [0.15, 0.2) is 13.2 Å². The average Bonchev–Trinajstić information content (AvgIpc) is 2.72. The topological polar surface area (TPSA) is 132 Å². The summed E-state index contributed by atoms with van der Waals surface area (Å²) in [4.78, 5) is 23.1. The van der Waals surface area contributed by atoms with Gasteiger partial charge in [-0.2, -0.15) is 0 Å². The fraction of sp³-hybridized carbons (Fsp3) is 0.300. The Hall–Kier alpha value is -3.46. The molecule has 0 aliphatic carbocycles. The second-order valence-corrected chi connectivity index (χ2v) is 5.77. The highest BCUT2D eigenvalue weighted by molar-refractivity contribution is 5.71. The molecule has 0 unspecified atom stereocenters. The first-order valence-corrected chi connectivity index (χ1v) is 8.88. The van der Waals surface area contributed by atoms with Gasteiger partial charge in [-0.3, -0.25) is 0 Å². The van der Waals surface area contributed by atoms with Gasteiger partial charge >= 0.3 is 11.9 Å². The van der Waals surface area contributed by atoms with Gasteiger partial charge in [0.1, 0.15) is 24.7 Å². The summed E-state index contributed by atoms with van der Waals surface area (Å²) in [6, 6.07) is 13.3. The zero-order valence-corrected chi connectivity index (χ0v) is 15.9. The number of carbonyl (C=O) groups excluding carboxylic acids is 2. The summed E-state index contributed by atoms with van der Waals surface area (Å²) in [5.41, 5.74) is 12.3. The van der Waals surface area contributed by atoms with Crippen molar-refractivity contribution in [2.75, 3.05) is 51.1 Å². The maximum absolute atomic E-state index is 11.6. The molecular formula is C20H24N2O7. The number of nitrogen functional groups attached to an aromatic ring is 2. The van der Waals surface area contributed by atoms with Gasteiger partial charge in [-0.1, -0.05) is 0 Å². The van der Waals surface area contributed by atoms with E-state index in [-0.39, 0.29) is 39.6 Å². The van der Waals surface area contributed by atoms with E-state index in [2.05, 4.69) is 0 Å². The first-order chi connectivity index (χ1) is 14.0. The number of ether oxygens (including phenoxy) is 5. The van der Waals surface area contributed by atoms with Crippen molar-refractivity contribution in [1.82, 2.24) is 0 Å². The third-order valence-electron chi connectivity index (χ3n) is 3.46. The van der Waals surface area contributed by atoms with Gasteiger partial charge in [0, 0.05) is 11.4 Å². The van der Waals surface area contributed by atoms with Crippen molar-refractivity contribution in [1.29, 1.82) is 0 Å². The molecule has 0 aliphatic rings. The van der Waals surface area contributed by atoms with Crippen molar-refractivity contribution >= 4 is 23.3 Å². The summed E-state index contributed by atoms with van der Waals surface area (Å²) < 4.78 is 25.7. The number of esters is 2. The Kier molecular flexibility index (Phi) is 9.10. The molecule has 0 heterocycles. The smallest absolute Gasteiger partial charge is 0.344 e. The largest absolute Gasteiger partial charge is 0.482 e. The molecule has 156 valence electrons. The molecule has 0 fully saturated rings. The lowest BCUT2D eigenvalue weighted by Gasteiger charge is -2.09. The van der Waals surface area contributed by atoms with Crippen molar-refractivity contribution < 1.29 is 33.3 Å². The van der Waals surface area contributed by atoms with Crippen LogP contribution < -0.4 is 20.9 Å². The van der Waals surface area contributed by atoms with Crippen LogP contribution in [0.2, 0.25) is 0 Å². The van der Waals surface area contributed by atoms with Crippen molar-refractivity contribution in [3.8, 4) is 11.5 Å². The Morgan fingerprint density at radius 3 is 1.38 bits per heavy atom. The first kappa shape index (κ1) is 21.8. The Morgan fingerprint density at radius 1 is 0.621 bits per heavy atom. The van der Waals surface area contributed by atoms with Crippen LogP contribution in [0.25, 0.3) is 0 Å². The predicted molar refractivity (Wildman–Crippen MR) is 105 cm³/mol. The fourth-order valence-electron chi connectivity index (χ4n) is 2.03. The summed E-state index contributed by atoms with van der Waals surface area (Å²) in [5, 5.41) is 0. The number of benzene rings is 2. The van der Waals surface area contributed by atoms with Crippen LogP contribution in [-0.4, -0.2) is 51.6 Å². The van der Waals surface area contributed by atoms with Crippen LogP contribution in [0.3, 0.4) is 0 Å². The van der Waals surface area contributed by atoms with Crippen molar-refractivity contribution in [2.45, 2.75) is 0 Å². The Morgan fingerprint density at radius 2 is 1.00 bits per heavy atom. The van der Waals surface area contributed by atoms with E-state index in [0.29, 0.717) is 22.9 Å². The number of hydrogen-bond acceptors (Lipinski definition) is 9. The molecule has 29 heavy (non-hydrogen) atoms. The molecular weight excluding hydrogens is 380 g/mol. The van der Waals surface area contributed by atoms with Crippen LogP contribution in [-0.2, 0) is 23.8 Å². The minimum Gasteiger partial charge on any atom is -0.482 e. The molecule has 0 atom stereocenters. The zero-order valence-electron chi connectivity index (χ0n) is 15.9. The number of anilines is 2.